The Hall–Kier alpha value is -0.370. The Kier molecular flexibility index (Phi) is 4.77. The normalized spacial score (nSPS) is 18.2. The van der Waals surface area contributed by atoms with Crippen LogP contribution >= 0.6 is 11.9 Å². The van der Waals surface area contributed by atoms with Crippen LogP contribution in [0.5, 0.6) is 0 Å². The van der Waals surface area contributed by atoms with Crippen LogP contribution in [0.15, 0.2) is 21.7 Å². The van der Waals surface area contributed by atoms with E-state index in [2.05, 4.69) is 59.8 Å². The SMILES string of the molecule is CC1=C(C(C)C)C(C(C)C)=C(C(C)C)N(C)S1. The van der Waals surface area contributed by atoms with E-state index in [1.807, 2.05) is 11.9 Å². The highest BCUT2D eigenvalue weighted by Gasteiger charge is 2.28. The lowest BCUT2D eigenvalue weighted by Crippen LogP contribution is -2.24. The van der Waals surface area contributed by atoms with Gasteiger partial charge in [-0.3, -0.25) is 0 Å². The van der Waals surface area contributed by atoms with Crippen molar-refractivity contribution in [2.24, 2.45) is 17.8 Å². The quantitative estimate of drug-likeness (QED) is 0.646. The fraction of sp³-hybridized carbons (Fsp3) is 0.733. The molecule has 0 bridgehead atoms. The summed E-state index contributed by atoms with van der Waals surface area (Å²) < 4.78 is 2.36. The monoisotopic (exact) mass is 253 g/mol. The van der Waals surface area contributed by atoms with Gasteiger partial charge in [0, 0.05) is 17.6 Å². The molecule has 0 fully saturated rings. The van der Waals surface area contributed by atoms with Crippen LogP contribution in [0.3, 0.4) is 0 Å². The minimum atomic E-state index is 0.590. The zero-order valence-electron chi connectivity index (χ0n) is 12.6. The number of hydrogen-bond acceptors (Lipinski definition) is 2. The number of allylic oxidation sites excluding steroid dienone is 4. The summed E-state index contributed by atoms with van der Waals surface area (Å²) in [7, 11) is 2.20. The molecule has 1 nitrogen and oxygen atoms in total. The van der Waals surface area contributed by atoms with Crippen LogP contribution < -0.4 is 0 Å². The van der Waals surface area contributed by atoms with Gasteiger partial charge >= 0.3 is 0 Å². The van der Waals surface area contributed by atoms with Crippen molar-refractivity contribution in [2.45, 2.75) is 48.5 Å². The van der Waals surface area contributed by atoms with E-state index in [-0.39, 0.29) is 0 Å². The number of rotatable bonds is 3. The first-order valence-corrected chi connectivity index (χ1v) is 7.41. The zero-order chi connectivity index (χ0) is 13.3. The Labute approximate surface area is 111 Å². The predicted octanol–water partition coefficient (Wildman–Crippen LogP) is 5.08. The van der Waals surface area contributed by atoms with Crippen molar-refractivity contribution >= 4 is 11.9 Å². The molecule has 1 aliphatic heterocycles. The Morgan fingerprint density at radius 1 is 0.824 bits per heavy atom. The third-order valence-corrected chi connectivity index (χ3v) is 4.22. The van der Waals surface area contributed by atoms with Crippen LogP contribution in [0.2, 0.25) is 0 Å². The third-order valence-electron chi connectivity index (χ3n) is 3.26. The molecule has 2 heteroatoms. The van der Waals surface area contributed by atoms with Gasteiger partial charge < -0.3 is 4.31 Å². The molecule has 0 aliphatic carbocycles. The highest BCUT2D eigenvalue weighted by atomic mass is 32.2. The maximum atomic E-state index is 2.36. The molecular weight excluding hydrogens is 226 g/mol. The van der Waals surface area contributed by atoms with Crippen molar-refractivity contribution in [2.75, 3.05) is 7.05 Å². The minimum absolute atomic E-state index is 0.590. The van der Waals surface area contributed by atoms with Crippen LogP contribution in [0.1, 0.15) is 48.5 Å². The lowest BCUT2D eigenvalue weighted by molar-refractivity contribution is 0.531. The maximum Gasteiger partial charge on any atom is 0.0304 e. The first-order valence-electron chi connectivity index (χ1n) is 6.64. The molecule has 17 heavy (non-hydrogen) atoms. The Bertz CT molecular complexity index is 348. The van der Waals surface area contributed by atoms with E-state index in [4.69, 9.17) is 0 Å². The topological polar surface area (TPSA) is 3.24 Å². The fourth-order valence-electron chi connectivity index (χ4n) is 2.80. The van der Waals surface area contributed by atoms with Gasteiger partial charge in [-0.15, -0.1) is 0 Å². The Balaban J connectivity index is 3.42. The summed E-state index contributed by atoms with van der Waals surface area (Å²) in [6, 6.07) is 0. The average Bonchev–Trinajstić information content (AvgIpc) is 2.14. The minimum Gasteiger partial charge on any atom is -0.319 e. The molecule has 0 amide bonds. The van der Waals surface area contributed by atoms with E-state index in [1.54, 1.807) is 11.1 Å². The average molecular weight is 253 g/mol. The summed E-state index contributed by atoms with van der Waals surface area (Å²) in [4.78, 5) is 1.47. The predicted molar refractivity (Wildman–Crippen MR) is 79.6 cm³/mol. The van der Waals surface area contributed by atoms with Gasteiger partial charge in [-0.1, -0.05) is 41.5 Å². The molecule has 1 aliphatic rings. The molecule has 0 unspecified atom stereocenters. The van der Waals surface area contributed by atoms with Crippen LogP contribution in [0.25, 0.3) is 0 Å². The molecule has 98 valence electrons. The molecule has 0 atom stereocenters. The third kappa shape index (κ3) is 2.90. The molecule has 0 N–H and O–H groups in total. The highest BCUT2D eigenvalue weighted by molar-refractivity contribution is 8.01. The van der Waals surface area contributed by atoms with Crippen molar-refractivity contribution < 1.29 is 0 Å². The van der Waals surface area contributed by atoms with Crippen molar-refractivity contribution in [3.8, 4) is 0 Å². The highest BCUT2D eigenvalue weighted by Crippen LogP contribution is 2.44. The van der Waals surface area contributed by atoms with Gasteiger partial charge in [0.1, 0.15) is 0 Å². The van der Waals surface area contributed by atoms with Gasteiger partial charge in [0.05, 0.1) is 0 Å². The van der Waals surface area contributed by atoms with Gasteiger partial charge in [-0.25, -0.2) is 0 Å². The molecule has 0 aromatic rings. The summed E-state index contributed by atoms with van der Waals surface area (Å²) >= 11 is 1.89. The van der Waals surface area contributed by atoms with E-state index in [0.29, 0.717) is 17.8 Å². The molecule has 1 rings (SSSR count). The summed E-state index contributed by atoms with van der Waals surface area (Å²) in [5, 5.41) is 0. The lowest BCUT2D eigenvalue weighted by Gasteiger charge is -2.37. The van der Waals surface area contributed by atoms with E-state index in [1.165, 1.54) is 10.6 Å². The molecule has 0 saturated heterocycles. The van der Waals surface area contributed by atoms with Crippen molar-refractivity contribution in [3.05, 3.63) is 21.7 Å². The number of nitrogens with zero attached hydrogens (tertiary/aromatic N) is 1. The van der Waals surface area contributed by atoms with Crippen LogP contribution in [0, 0.1) is 17.8 Å². The fourth-order valence-corrected chi connectivity index (χ4v) is 4.06. The van der Waals surface area contributed by atoms with E-state index < -0.39 is 0 Å². The molecule has 0 aromatic heterocycles. The summed E-state index contributed by atoms with van der Waals surface area (Å²) in [5.74, 6) is 1.80. The lowest BCUT2D eigenvalue weighted by atomic mass is 9.84. The molecule has 0 saturated carbocycles. The molecule has 0 radical (unpaired) electrons. The number of hydrogen-bond donors (Lipinski definition) is 0. The zero-order valence-corrected chi connectivity index (χ0v) is 13.4. The molecule has 1 heterocycles. The first kappa shape index (κ1) is 14.7. The second-order valence-electron chi connectivity index (χ2n) is 5.82. The first-order chi connectivity index (χ1) is 7.77. The summed E-state index contributed by atoms with van der Waals surface area (Å²) in [6.07, 6.45) is 0. The summed E-state index contributed by atoms with van der Waals surface area (Å²) in [6.45, 7) is 16.1. The Morgan fingerprint density at radius 2 is 1.29 bits per heavy atom. The van der Waals surface area contributed by atoms with Gasteiger partial charge in [0.25, 0.3) is 0 Å². The molecular formula is C15H27NS. The van der Waals surface area contributed by atoms with Crippen LogP contribution in [-0.2, 0) is 0 Å². The van der Waals surface area contributed by atoms with Crippen LogP contribution in [-0.4, -0.2) is 11.4 Å². The molecule has 0 spiro atoms. The van der Waals surface area contributed by atoms with Gasteiger partial charge in [-0.05, 0) is 47.8 Å². The standard InChI is InChI=1S/C15H27NS/c1-9(2)13-12(7)17-16(8)15(11(5)6)14(13)10(3)4/h9-11H,1-8H3. The largest absolute Gasteiger partial charge is 0.319 e. The maximum absolute atomic E-state index is 2.36. The smallest absolute Gasteiger partial charge is 0.0304 e. The Morgan fingerprint density at radius 3 is 1.65 bits per heavy atom. The van der Waals surface area contributed by atoms with E-state index >= 15 is 0 Å². The van der Waals surface area contributed by atoms with Crippen molar-refractivity contribution in [1.29, 1.82) is 0 Å². The van der Waals surface area contributed by atoms with Crippen molar-refractivity contribution in [1.82, 2.24) is 4.31 Å². The van der Waals surface area contributed by atoms with E-state index in [0.717, 1.165) is 0 Å². The van der Waals surface area contributed by atoms with Crippen molar-refractivity contribution in [3.63, 3.8) is 0 Å². The van der Waals surface area contributed by atoms with Crippen LogP contribution in [0.4, 0.5) is 0 Å². The van der Waals surface area contributed by atoms with E-state index in [9.17, 15) is 0 Å². The molecule has 0 aromatic carbocycles. The summed E-state index contributed by atoms with van der Waals surface area (Å²) in [5.41, 5.74) is 4.67. The second-order valence-corrected chi connectivity index (χ2v) is 7.16. The second kappa shape index (κ2) is 5.51. The van der Waals surface area contributed by atoms with Gasteiger partial charge in [0.15, 0.2) is 0 Å². The van der Waals surface area contributed by atoms with Gasteiger partial charge in [0.2, 0.25) is 0 Å². The van der Waals surface area contributed by atoms with Gasteiger partial charge in [-0.2, -0.15) is 0 Å².